The van der Waals surface area contributed by atoms with Crippen LogP contribution < -0.4 is 27.8 Å². The van der Waals surface area contributed by atoms with Gasteiger partial charge < -0.3 is 57.3 Å². The van der Waals surface area contributed by atoms with Crippen molar-refractivity contribution in [2.45, 2.75) is 71.5 Å². The molecule has 20 nitrogen and oxygen atoms in total. The van der Waals surface area contributed by atoms with Crippen LogP contribution in [0.2, 0.25) is 0 Å². The molecule has 2 atom stereocenters. The minimum Gasteiger partial charge on any atom is -0.369 e. The summed E-state index contributed by atoms with van der Waals surface area (Å²) in [6, 6.07) is 12.6. The second-order valence-corrected chi connectivity index (χ2v) is 21.4. The van der Waals surface area contributed by atoms with Gasteiger partial charge in [-0.1, -0.05) is 55.0 Å². The minimum absolute atomic E-state index is 0.0103. The van der Waals surface area contributed by atoms with Crippen molar-refractivity contribution in [3.05, 3.63) is 136 Å². The first-order valence-electron chi connectivity index (χ1n) is 27.5. The molecule has 470 valence electrons. The molecule has 0 aliphatic rings. The molecule has 9 N–H and O–H groups in total. The van der Waals surface area contributed by atoms with E-state index in [4.69, 9.17) is 17.2 Å². The Morgan fingerprint density at radius 1 is 0.674 bits per heavy atom. The average molecular weight is 1230 g/mol. The van der Waals surface area contributed by atoms with Crippen molar-refractivity contribution in [2.75, 3.05) is 90.5 Å². The van der Waals surface area contributed by atoms with E-state index in [0.29, 0.717) is 30.8 Å². The minimum atomic E-state index is -4.73. The zero-order valence-corrected chi connectivity index (χ0v) is 49.0. The summed E-state index contributed by atoms with van der Waals surface area (Å²) in [4.78, 5) is 121. The number of aromatic amines is 1. The van der Waals surface area contributed by atoms with Crippen LogP contribution in [0.15, 0.2) is 97.0 Å². The first-order chi connectivity index (χ1) is 40.7. The Balaban J connectivity index is 1.56. The Bertz CT molecular complexity index is 2880. The number of rotatable bonds is 36. The molecule has 0 saturated carbocycles. The van der Waals surface area contributed by atoms with Crippen LogP contribution in [0.25, 0.3) is 0 Å². The number of hydrogen-bond donors (Lipinski definition) is 6. The van der Waals surface area contributed by atoms with Crippen LogP contribution in [-0.2, 0) is 76.8 Å². The van der Waals surface area contributed by atoms with E-state index in [1.54, 1.807) is 38.7 Å². The van der Waals surface area contributed by atoms with Crippen LogP contribution in [0.5, 0.6) is 0 Å². The number of alkyl halides is 6. The van der Waals surface area contributed by atoms with Gasteiger partial charge in [0.15, 0.2) is 5.78 Å². The molecule has 0 spiro atoms. The molecule has 1 heterocycles. The number of H-pyrrole nitrogens is 1. The maximum absolute atomic E-state index is 14.7. The van der Waals surface area contributed by atoms with Gasteiger partial charge in [-0.2, -0.15) is 38.1 Å². The summed E-state index contributed by atoms with van der Waals surface area (Å²) in [6.07, 6.45) is -2.52. The number of nitrogens with one attached hydrogen (secondary N) is 3. The highest BCUT2D eigenvalue weighted by Gasteiger charge is 2.33. The van der Waals surface area contributed by atoms with Crippen molar-refractivity contribution >= 4 is 58.9 Å². The maximum Gasteiger partial charge on any atom is 0.416 e. The predicted octanol–water partition coefficient (Wildman–Crippen LogP) is 4.28. The van der Waals surface area contributed by atoms with E-state index >= 15 is 0 Å². The molecule has 0 fully saturated rings. The normalized spacial score (nSPS) is 12.4. The molecule has 1 unspecified atom stereocenters. The largest absolute Gasteiger partial charge is 0.416 e. The number of imidazole rings is 1. The highest BCUT2D eigenvalue weighted by Crippen LogP contribution is 2.31. The number of Topliss-reactive ketones (excluding diaryl/α,β-unsaturated/α-hetero) is 1. The van der Waals surface area contributed by atoms with Crippen LogP contribution >= 0.6 is 11.8 Å². The van der Waals surface area contributed by atoms with E-state index in [9.17, 15) is 69.1 Å². The molecule has 0 aliphatic heterocycles. The number of aromatic nitrogens is 2. The fraction of sp³-hybridized carbons (Fsp3) is 0.466. The van der Waals surface area contributed by atoms with E-state index in [-0.39, 0.29) is 82.7 Å². The molecule has 0 aliphatic carbocycles. The Morgan fingerprint density at radius 2 is 1.16 bits per heavy atom. The maximum atomic E-state index is 14.7. The number of nitrogens with zero attached hydrogens (tertiary/aromatic N) is 6. The van der Waals surface area contributed by atoms with Gasteiger partial charge in [-0.3, -0.25) is 38.4 Å². The molecule has 3 aromatic carbocycles. The predicted molar refractivity (Wildman–Crippen MR) is 308 cm³/mol. The molecule has 0 radical (unpaired) electrons. The molecule has 28 heteroatoms. The molecular formula is C58H75F7N12O8S. The van der Waals surface area contributed by atoms with Crippen LogP contribution in [0.3, 0.4) is 0 Å². The Hall–Kier alpha value is -7.69. The van der Waals surface area contributed by atoms with Crippen molar-refractivity contribution < 1.29 is 69.1 Å². The summed E-state index contributed by atoms with van der Waals surface area (Å²) in [5.74, 6) is -7.37. The van der Waals surface area contributed by atoms with Gasteiger partial charge in [0.25, 0.3) is 0 Å². The lowest BCUT2D eigenvalue weighted by atomic mass is 10.0. The van der Waals surface area contributed by atoms with Gasteiger partial charge in [-0.25, -0.2) is 9.37 Å². The van der Waals surface area contributed by atoms with Gasteiger partial charge in [0, 0.05) is 102 Å². The lowest BCUT2D eigenvalue weighted by Crippen LogP contribution is -2.49. The second-order valence-electron chi connectivity index (χ2n) is 20.5. The Kier molecular flexibility index (Phi) is 28.9. The van der Waals surface area contributed by atoms with Gasteiger partial charge >= 0.3 is 12.4 Å². The van der Waals surface area contributed by atoms with E-state index in [1.807, 2.05) is 0 Å². The zero-order chi connectivity index (χ0) is 63.6. The van der Waals surface area contributed by atoms with Crippen molar-refractivity contribution in [3.8, 4) is 0 Å². The van der Waals surface area contributed by atoms with Crippen LogP contribution in [0.4, 0.5) is 30.7 Å². The van der Waals surface area contributed by atoms with Gasteiger partial charge in [-0.05, 0) is 72.7 Å². The Morgan fingerprint density at radius 3 is 1.66 bits per heavy atom. The second kappa shape index (κ2) is 35.1. The summed E-state index contributed by atoms with van der Waals surface area (Å²) in [5, 5.41) is 5.89. The number of amides is 7. The summed E-state index contributed by atoms with van der Waals surface area (Å²) < 4.78 is 95.9. The lowest BCUT2D eigenvalue weighted by molar-refractivity contribution is -0.146. The molecule has 4 rings (SSSR count). The molecule has 0 bridgehead atoms. The quantitative estimate of drug-likeness (QED) is 0.0211. The Labute approximate surface area is 498 Å². The number of nitrogens with two attached hydrogens (primary N) is 3. The van der Waals surface area contributed by atoms with Gasteiger partial charge in [-0.15, -0.1) is 0 Å². The topological polar surface area (TPSA) is 284 Å². The molecule has 1 aromatic heterocycles. The van der Waals surface area contributed by atoms with Crippen molar-refractivity contribution in [1.29, 1.82) is 0 Å². The molecule has 0 saturated heterocycles. The third kappa shape index (κ3) is 24.7. The fourth-order valence-electron chi connectivity index (χ4n) is 8.84. The number of hydrogen-bond acceptors (Lipinski definition) is 13. The van der Waals surface area contributed by atoms with Crippen LogP contribution in [0.1, 0.15) is 66.6 Å². The molecule has 7 amide bonds. The number of benzene rings is 3. The van der Waals surface area contributed by atoms with Gasteiger partial charge in [0.1, 0.15) is 18.9 Å². The van der Waals surface area contributed by atoms with Crippen molar-refractivity contribution in [3.63, 3.8) is 0 Å². The highest BCUT2D eigenvalue weighted by atomic mass is 32.2. The first-order valence-corrected chi connectivity index (χ1v) is 28.9. The van der Waals surface area contributed by atoms with E-state index < -0.39 is 121 Å². The molecule has 4 aromatic rings. The summed E-state index contributed by atoms with van der Waals surface area (Å²) in [6.45, 7) is -0.333. The van der Waals surface area contributed by atoms with E-state index in [2.05, 4.69) is 20.6 Å². The van der Waals surface area contributed by atoms with Crippen LogP contribution in [-0.4, -0.2) is 172 Å². The number of carbonyl (C=O) groups excluding carboxylic acids is 8. The van der Waals surface area contributed by atoms with Gasteiger partial charge in [0.05, 0.1) is 48.9 Å². The first kappa shape index (κ1) is 70.8. The number of halogens is 7. The third-order valence-electron chi connectivity index (χ3n) is 13.4. The smallest absolute Gasteiger partial charge is 0.369 e. The summed E-state index contributed by atoms with van der Waals surface area (Å²) in [5.41, 5.74) is 17.3. The third-order valence-corrected chi connectivity index (χ3v) is 14.1. The molecule has 86 heavy (non-hydrogen) atoms. The number of thioether (sulfide) groups is 1. The summed E-state index contributed by atoms with van der Waals surface area (Å²) in [7, 11) is 0. The average Bonchev–Trinajstić information content (AvgIpc) is 2.94. The van der Waals surface area contributed by atoms with Crippen molar-refractivity contribution in [2.24, 2.45) is 29.0 Å². The number of ketones is 1. The zero-order valence-electron chi connectivity index (χ0n) is 48.2. The van der Waals surface area contributed by atoms with E-state index in [0.717, 1.165) is 86.6 Å². The monoisotopic (exact) mass is 1230 g/mol. The molecular weight excluding hydrogens is 1160 g/mol. The van der Waals surface area contributed by atoms with Crippen LogP contribution in [0, 0.1) is 17.7 Å². The summed E-state index contributed by atoms with van der Waals surface area (Å²) >= 11 is 1.33. The van der Waals surface area contributed by atoms with Crippen molar-refractivity contribution in [1.82, 2.24) is 45.1 Å². The SMILES string of the molecule is CSCC(CC(=O)CN(CCN)C(=O)CN(CCN)C(=O)CCCNC(=O)CN(Cc1ccc(F)cc1)C(=O)CN(Cc1ccc(C(F)(F)F)cc1)C(=O)CN(Cc1ccc(C(F)(F)F)cc1)C(=O)[C@H](C)/C=C(\C)CNCCc1cnc[nH]1)C(N)=O. The fourth-order valence-corrected chi connectivity index (χ4v) is 9.52. The lowest BCUT2D eigenvalue weighted by Gasteiger charge is -2.31. The standard InChI is InChI=1S/C58H75F7N12O8S/c1-39(27-69-22-18-48-28-70-38-72-48)25-40(2)56(85)77(31-42-8-14-46(15-9-42)58(63,64)65)36-54(83)76(30-41-6-12-45(13-7-41)57(60,61)62)35-53(82)75(29-43-10-16-47(59)17-11-43)33-50(79)71-21-4-5-51(80)74(24-20-67)34-52(81)73(23-19-66)32-49(78)26-44(37-86-3)55(68)84/h6-17,25,28,38,40,44,69H,4-5,18-24,26-27,29-37,66-67H2,1-3H3,(H2,68,84)(H,70,72)(H,71,79)/b39-25+/t40-,44?/m1/s1. The highest BCUT2D eigenvalue weighted by molar-refractivity contribution is 7.98. The number of primary amides is 1. The van der Waals surface area contributed by atoms with Gasteiger partial charge in [0.2, 0.25) is 41.4 Å². The number of carbonyl (C=O) groups is 8. The van der Waals surface area contributed by atoms with E-state index in [1.165, 1.54) is 33.7 Å².